The monoisotopic (exact) mass is 441 g/mol. The lowest BCUT2D eigenvalue weighted by molar-refractivity contribution is 0.137. The molecule has 0 radical (unpaired) electrons. The van der Waals surface area contributed by atoms with E-state index in [1.54, 1.807) is 25.7 Å². The van der Waals surface area contributed by atoms with Gasteiger partial charge in [0.25, 0.3) is 5.56 Å². The van der Waals surface area contributed by atoms with Crippen molar-refractivity contribution in [3.8, 4) is 17.2 Å². The van der Waals surface area contributed by atoms with Crippen LogP contribution in [-0.2, 0) is 18.3 Å². The van der Waals surface area contributed by atoms with Gasteiger partial charge in [-0.2, -0.15) is 4.98 Å². The Kier molecular flexibility index (Phi) is 5.55. The number of rotatable bonds is 7. The quantitative estimate of drug-likeness (QED) is 0.406. The van der Waals surface area contributed by atoms with Crippen molar-refractivity contribution in [2.45, 2.75) is 27.3 Å². The Morgan fingerprint density at radius 3 is 2.47 bits per heavy atom. The van der Waals surface area contributed by atoms with Gasteiger partial charge in [-0.15, -0.1) is 0 Å². The Hall–Kier alpha value is -3.53. The molecule has 170 valence electrons. The molecular formula is C22H27N5O5. The molecule has 0 aliphatic rings. The number of aryl methyl sites for hydroxylation is 2. The number of benzene rings is 1. The van der Waals surface area contributed by atoms with Gasteiger partial charge in [0.15, 0.2) is 11.2 Å². The zero-order valence-corrected chi connectivity index (χ0v) is 19.1. The molecule has 0 fully saturated rings. The van der Waals surface area contributed by atoms with E-state index in [4.69, 9.17) is 19.2 Å². The summed E-state index contributed by atoms with van der Waals surface area (Å²) < 4.78 is 22.6. The topological polar surface area (TPSA) is 93.9 Å². The first kappa shape index (κ1) is 21.7. The van der Waals surface area contributed by atoms with Gasteiger partial charge in [-0.05, 0) is 32.9 Å². The minimum atomic E-state index is -0.428. The molecule has 4 rings (SSSR count). The van der Waals surface area contributed by atoms with E-state index in [-0.39, 0.29) is 13.2 Å². The fourth-order valence-corrected chi connectivity index (χ4v) is 4.01. The fourth-order valence-electron chi connectivity index (χ4n) is 4.01. The second-order valence-electron chi connectivity index (χ2n) is 7.46. The average molecular weight is 441 g/mol. The van der Waals surface area contributed by atoms with E-state index < -0.39 is 11.2 Å². The van der Waals surface area contributed by atoms with Crippen LogP contribution in [0.4, 0.5) is 0 Å². The summed E-state index contributed by atoms with van der Waals surface area (Å²) in [5.41, 5.74) is 2.28. The van der Waals surface area contributed by atoms with Gasteiger partial charge in [-0.3, -0.25) is 22.9 Å². The second-order valence-corrected chi connectivity index (χ2v) is 7.46. The molecule has 3 aromatic heterocycles. The summed E-state index contributed by atoms with van der Waals surface area (Å²) in [5.74, 6) is 1.80. The average Bonchev–Trinajstić information content (AvgIpc) is 3.29. The maximum absolute atomic E-state index is 13.4. The van der Waals surface area contributed by atoms with Gasteiger partial charge < -0.3 is 14.2 Å². The maximum Gasteiger partial charge on any atom is 0.332 e. The van der Waals surface area contributed by atoms with Crippen molar-refractivity contribution in [3.63, 3.8) is 0 Å². The van der Waals surface area contributed by atoms with Gasteiger partial charge in [0.1, 0.15) is 11.5 Å². The van der Waals surface area contributed by atoms with Crippen molar-refractivity contribution in [2.75, 3.05) is 27.4 Å². The Balaban J connectivity index is 2.09. The molecular weight excluding hydrogens is 414 g/mol. The molecule has 10 heteroatoms. The lowest BCUT2D eigenvalue weighted by Gasteiger charge is -2.13. The summed E-state index contributed by atoms with van der Waals surface area (Å²) in [6.07, 6.45) is 0. The summed E-state index contributed by atoms with van der Waals surface area (Å²) >= 11 is 0. The lowest BCUT2D eigenvalue weighted by atomic mass is 10.2. The molecule has 0 unspecified atom stereocenters. The predicted molar refractivity (Wildman–Crippen MR) is 121 cm³/mol. The molecule has 0 saturated carbocycles. The molecule has 0 spiro atoms. The zero-order chi connectivity index (χ0) is 23.2. The van der Waals surface area contributed by atoms with Crippen molar-refractivity contribution in [2.24, 2.45) is 7.05 Å². The van der Waals surface area contributed by atoms with Crippen molar-refractivity contribution in [1.82, 2.24) is 23.1 Å². The molecule has 1 aromatic carbocycles. The standard InChI is InChI=1S/C22H27N5O5/c1-7-32-11-10-25-20(28)18-19(24(4)22(25)29)23-21-26(13(2)14(3)27(18)21)16-12-15(30-5)8-9-17(16)31-6/h8-9,12H,7,10-11H2,1-6H3. The largest absolute Gasteiger partial charge is 0.497 e. The van der Waals surface area contributed by atoms with Crippen LogP contribution < -0.4 is 20.7 Å². The van der Waals surface area contributed by atoms with Gasteiger partial charge in [-0.25, -0.2) is 4.79 Å². The van der Waals surface area contributed by atoms with E-state index in [1.165, 1.54) is 9.13 Å². The number of fused-ring (bicyclic) bond motifs is 3. The highest BCUT2D eigenvalue weighted by atomic mass is 16.5. The van der Waals surface area contributed by atoms with Crippen LogP contribution >= 0.6 is 0 Å². The second kappa shape index (κ2) is 8.19. The smallest absolute Gasteiger partial charge is 0.332 e. The van der Waals surface area contributed by atoms with Crippen LogP contribution in [-0.4, -0.2) is 50.5 Å². The third-order valence-electron chi connectivity index (χ3n) is 5.81. The van der Waals surface area contributed by atoms with Crippen LogP contribution in [0.1, 0.15) is 18.3 Å². The van der Waals surface area contributed by atoms with Crippen LogP contribution in [0.15, 0.2) is 27.8 Å². The van der Waals surface area contributed by atoms with E-state index in [0.29, 0.717) is 35.0 Å². The highest BCUT2D eigenvalue weighted by Crippen LogP contribution is 2.32. The minimum absolute atomic E-state index is 0.172. The maximum atomic E-state index is 13.4. The first-order valence-corrected chi connectivity index (χ1v) is 10.4. The number of ether oxygens (including phenoxy) is 3. The molecule has 0 aliphatic carbocycles. The summed E-state index contributed by atoms with van der Waals surface area (Å²) in [6.45, 7) is 6.69. The van der Waals surface area contributed by atoms with Gasteiger partial charge in [0, 0.05) is 31.1 Å². The summed E-state index contributed by atoms with van der Waals surface area (Å²) in [7, 11) is 4.81. The van der Waals surface area contributed by atoms with Crippen LogP contribution in [0.3, 0.4) is 0 Å². The Labute approximate surface area is 184 Å². The van der Waals surface area contributed by atoms with Crippen LogP contribution in [0.25, 0.3) is 22.6 Å². The molecule has 0 N–H and O–H groups in total. The Bertz CT molecular complexity index is 1440. The fraction of sp³-hybridized carbons (Fsp3) is 0.409. The summed E-state index contributed by atoms with van der Waals surface area (Å²) in [5, 5.41) is 0. The number of hydrogen-bond acceptors (Lipinski definition) is 6. The van der Waals surface area contributed by atoms with Gasteiger partial charge in [-0.1, -0.05) is 0 Å². The number of hydrogen-bond donors (Lipinski definition) is 0. The number of nitrogens with zero attached hydrogens (tertiary/aromatic N) is 5. The van der Waals surface area contributed by atoms with Crippen LogP contribution in [0.2, 0.25) is 0 Å². The van der Waals surface area contributed by atoms with E-state index in [0.717, 1.165) is 17.1 Å². The molecule has 3 heterocycles. The van der Waals surface area contributed by atoms with E-state index in [2.05, 4.69) is 0 Å². The molecule has 32 heavy (non-hydrogen) atoms. The van der Waals surface area contributed by atoms with E-state index in [1.807, 2.05) is 43.5 Å². The molecule has 0 amide bonds. The third kappa shape index (κ3) is 3.10. The number of methoxy groups -OCH3 is 2. The summed E-state index contributed by atoms with van der Waals surface area (Å²) in [4.78, 5) is 31.0. The van der Waals surface area contributed by atoms with Crippen LogP contribution in [0.5, 0.6) is 11.5 Å². The van der Waals surface area contributed by atoms with Crippen molar-refractivity contribution < 1.29 is 14.2 Å². The van der Waals surface area contributed by atoms with Gasteiger partial charge >= 0.3 is 5.69 Å². The van der Waals surface area contributed by atoms with E-state index in [9.17, 15) is 9.59 Å². The van der Waals surface area contributed by atoms with Crippen molar-refractivity contribution in [1.29, 1.82) is 0 Å². The Morgan fingerprint density at radius 2 is 1.81 bits per heavy atom. The van der Waals surface area contributed by atoms with Crippen LogP contribution in [0, 0.1) is 13.8 Å². The predicted octanol–water partition coefficient (Wildman–Crippen LogP) is 1.81. The Morgan fingerprint density at radius 1 is 1.06 bits per heavy atom. The molecule has 0 saturated heterocycles. The van der Waals surface area contributed by atoms with Gasteiger partial charge in [0.2, 0.25) is 5.78 Å². The normalized spacial score (nSPS) is 11.6. The van der Waals surface area contributed by atoms with Crippen molar-refractivity contribution >= 4 is 16.9 Å². The van der Waals surface area contributed by atoms with E-state index >= 15 is 0 Å². The molecule has 4 aromatic rings. The molecule has 0 bridgehead atoms. The first-order valence-electron chi connectivity index (χ1n) is 10.4. The number of aromatic nitrogens is 5. The zero-order valence-electron chi connectivity index (χ0n) is 19.1. The highest BCUT2D eigenvalue weighted by molar-refractivity contribution is 5.77. The summed E-state index contributed by atoms with van der Waals surface area (Å²) in [6, 6.07) is 5.48. The first-order chi connectivity index (χ1) is 15.3. The third-order valence-corrected chi connectivity index (χ3v) is 5.81. The molecule has 10 nitrogen and oxygen atoms in total. The number of imidazole rings is 2. The van der Waals surface area contributed by atoms with Gasteiger partial charge in [0.05, 0.1) is 33.1 Å². The highest BCUT2D eigenvalue weighted by Gasteiger charge is 2.24. The van der Waals surface area contributed by atoms with Crippen molar-refractivity contribution in [3.05, 3.63) is 50.4 Å². The molecule has 0 atom stereocenters. The lowest BCUT2D eigenvalue weighted by Crippen LogP contribution is -2.40. The minimum Gasteiger partial charge on any atom is -0.497 e. The SMILES string of the molecule is CCOCCn1c(=O)c2c(nc3n(-c4cc(OC)ccc4OC)c(C)c(C)n23)n(C)c1=O. The molecule has 0 aliphatic heterocycles.